The second-order valence-corrected chi connectivity index (χ2v) is 4.36. The highest BCUT2D eigenvalue weighted by Crippen LogP contribution is 2.16. The van der Waals surface area contributed by atoms with Gasteiger partial charge in [0.05, 0.1) is 12.2 Å². The van der Waals surface area contributed by atoms with Crippen molar-refractivity contribution in [2.45, 2.75) is 13.8 Å². The molecule has 0 aliphatic rings. The first-order chi connectivity index (χ1) is 9.90. The lowest BCUT2D eigenvalue weighted by molar-refractivity contribution is -0.143. The number of hydrogen-bond acceptors (Lipinski definition) is 3. The van der Waals surface area contributed by atoms with Crippen LogP contribution < -0.4 is 0 Å². The fourth-order valence-corrected chi connectivity index (χ4v) is 1.73. The van der Waals surface area contributed by atoms with Crippen LogP contribution in [0.4, 0.5) is 8.78 Å². The topological polar surface area (TPSA) is 46.6 Å². The molecular formula is C15H17F2NO3. The van der Waals surface area contributed by atoms with Crippen molar-refractivity contribution in [1.82, 2.24) is 4.90 Å². The molecule has 0 radical (unpaired) electrons. The van der Waals surface area contributed by atoms with Gasteiger partial charge in [-0.1, -0.05) is 6.08 Å². The van der Waals surface area contributed by atoms with E-state index in [1.165, 1.54) is 13.0 Å². The first kappa shape index (κ1) is 16.8. The van der Waals surface area contributed by atoms with Crippen LogP contribution in [0, 0.1) is 18.6 Å². The van der Waals surface area contributed by atoms with Crippen molar-refractivity contribution in [2.75, 3.05) is 19.7 Å². The minimum absolute atomic E-state index is 0.0491. The van der Waals surface area contributed by atoms with Crippen molar-refractivity contribution in [3.05, 3.63) is 47.5 Å². The summed E-state index contributed by atoms with van der Waals surface area (Å²) < 4.78 is 31.7. The zero-order valence-corrected chi connectivity index (χ0v) is 12.0. The highest BCUT2D eigenvalue weighted by Gasteiger charge is 2.22. The molecule has 0 saturated carbocycles. The summed E-state index contributed by atoms with van der Waals surface area (Å²) >= 11 is 0. The molecule has 0 spiro atoms. The Morgan fingerprint density at radius 3 is 2.57 bits per heavy atom. The van der Waals surface area contributed by atoms with Crippen molar-refractivity contribution in [3.8, 4) is 0 Å². The van der Waals surface area contributed by atoms with Crippen LogP contribution in [0.1, 0.15) is 22.8 Å². The van der Waals surface area contributed by atoms with E-state index >= 15 is 0 Å². The summed E-state index contributed by atoms with van der Waals surface area (Å²) in [6.07, 6.45) is 1.41. The van der Waals surface area contributed by atoms with Gasteiger partial charge in [-0.05, 0) is 25.5 Å². The maximum atomic E-state index is 13.7. The van der Waals surface area contributed by atoms with Gasteiger partial charge in [0.15, 0.2) is 0 Å². The van der Waals surface area contributed by atoms with Crippen molar-refractivity contribution >= 4 is 11.9 Å². The lowest BCUT2D eigenvalue weighted by atomic mass is 10.1. The van der Waals surface area contributed by atoms with Gasteiger partial charge in [0.1, 0.15) is 18.2 Å². The van der Waals surface area contributed by atoms with Crippen LogP contribution in [0.3, 0.4) is 0 Å². The van der Waals surface area contributed by atoms with E-state index in [0.717, 1.165) is 11.0 Å². The number of esters is 1. The average Bonchev–Trinajstić information content (AvgIpc) is 2.42. The van der Waals surface area contributed by atoms with Crippen LogP contribution in [0.2, 0.25) is 0 Å². The molecule has 1 aromatic carbocycles. The number of benzene rings is 1. The molecule has 0 heterocycles. The predicted octanol–water partition coefficient (Wildman–Crippen LogP) is 2.46. The minimum atomic E-state index is -0.971. The summed E-state index contributed by atoms with van der Waals surface area (Å²) in [5.41, 5.74) is -0.144. The number of halogens is 2. The van der Waals surface area contributed by atoms with Gasteiger partial charge in [-0.15, -0.1) is 6.58 Å². The monoisotopic (exact) mass is 297 g/mol. The first-order valence-electron chi connectivity index (χ1n) is 6.42. The number of hydrogen-bond donors (Lipinski definition) is 0. The third-order valence-electron chi connectivity index (χ3n) is 2.74. The molecule has 21 heavy (non-hydrogen) atoms. The standard InChI is InChI=1S/C15H17F2NO3/c1-4-6-18(9-14(19)21-5-2)15(20)11-7-10(3)12(16)8-13(11)17/h4,7-8H,1,5-6,9H2,2-3H3. The summed E-state index contributed by atoms with van der Waals surface area (Å²) in [4.78, 5) is 24.8. The van der Waals surface area contributed by atoms with E-state index in [4.69, 9.17) is 4.74 Å². The molecule has 0 aliphatic carbocycles. The molecule has 0 atom stereocenters. The number of ether oxygens (including phenoxy) is 1. The Balaban J connectivity index is 3.03. The van der Waals surface area contributed by atoms with Crippen LogP contribution in [0.5, 0.6) is 0 Å². The molecule has 1 amide bonds. The minimum Gasteiger partial charge on any atom is -0.465 e. The molecule has 0 unspecified atom stereocenters. The molecular weight excluding hydrogens is 280 g/mol. The Morgan fingerprint density at radius 1 is 1.33 bits per heavy atom. The van der Waals surface area contributed by atoms with Crippen molar-refractivity contribution < 1.29 is 23.1 Å². The maximum Gasteiger partial charge on any atom is 0.325 e. The molecule has 0 saturated heterocycles. The lowest BCUT2D eigenvalue weighted by Crippen LogP contribution is -2.37. The predicted molar refractivity (Wildman–Crippen MR) is 73.8 cm³/mol. The molecule has 0 bridgehead atoms. The van der Waals surface area contributed by atoms with E-state index in [-0.39, 0.29) is 30.8 Å². The number of aryl methyl sites for hydroxylation is 1. The largest absolute Gasteiger partial charge is 0.465 e. The van der Waals surface area contributed by atoms with Crippen LogP contribution in [0.15, 0.2) is 24.8 Å². The zero-order valence-electron chi connectivity index (χ0n) is 12.0. The third-order valence-corrected chi connectivity index (χ3v) is 2.74. The van der Waals surface area contributed by atoms with Gasteiger partial charge in [-0.2, -0.15) is 0 Å². The number of carbonyl (C=O) groups excluding carboxylic acids is 2. The Bertz CT molecular complexity index is 558. The highest BCUT2D eigenvalue weighted by molar-refractivity contribution is 5.96. The Labute approximate surface area is 122 Å². The third kappa shape index (κ3) is 4.37. The zero-order chi connectivity index (χ0) is 16.0. The van der Waals surface area contributed by atoms with Gasteiger partial charge in [0.2, 0.25) is 0 Å². The molecule has 0 fully saturated rings. The molecule has 6 heteroatoms. The molecule has 4 nitrogen and oxygen atoms in total. The molecule has 1 rings (SSSR count). The molecule has 1 aromatic rings. The van der Waals surface area contributed by atoms with E-state index in [1.54, 1.807) is 6.92 Å². The summed E-state index contributed by atoms with van der Waals surface area (Å²) in [5, 5.41) is 0. The summed E-state index contributed by atoms with van der Waals surface area (Å²) in [5.74, 6) is -3.03. The number of nitrogens with zero attached hydrogens (tertiary/aromatic N) is 1. The second-order valence-electron chi connectivity index (χ2n) is 4.36. The van der Waals surface area contributed by atoms with Gasteiger partial charge < -0.3 is 9.64 Å². The van der Waals surface area contributed by atoms with E-state index in [2.05, 4.69) is 6.58 Å². The average molecular weight is 297 g/mol. The summed E-state index contributed by atoms with van der Waals surface area (Å²) in [7, 11) is 0. The van der Waals surface area contributed by atoms with Crippen molar-refractivity contribution in [1.29, 1.82) is 0 Å². The van der Waals surface area contributed by atoms with E-state index < -0.39 is 23.5 Å². The fraction of sp³-hybridized carbons (Fsp3) is 0.333. The summed E-state index contributed by atoms with van der Waals surface area (Å²) in [6.45, 7) is 6.45. The quantitative estimate of drug-likeness (QED) is 0.598. The van der Waals surface area contributed by atoms with Gasteiger partial charge in [-0.3, -0.25) is 9.59 Å². The van der Waals surface area contributed by atoms with Gasteiger partial charge >= 0.3 is 5.97 Å². The van der Waals surface area contributed by atoms with Crippen LogP contribution in [0.25, 0.3) is 0 Å². The second kappa shape index (κ2) is 7.52. The number of amides is 1. The Morgan fingerprint density at radius 2 is 2.00 bits per heavy atom. The normalized spacial score (nSPS) is 10.1. The van der Waals surface area contributed by atoms with E-state index in [1.807, 2.05) is 0 Å². The number of rotatable bonds is 6. The smallest absolute Gasteiger partial charge is 0.325 e. The molecule has 0 aromatic heterocycles. The fourth-order valence-electron chi connectivity index (χ4n) is 1.73. The van der Waals surface area contributed by atoms with Crippen LogP contribution in [-0.2, 0) is 9.53 Å². The van der Waals surface area contributed by atoms with Gasteiger partial charge in [0.25, 0.3) is 5.91 Å². The highest BCUT2D eigenvalue weighted by atomic mass is 19.1. The van der Waals surface area contributed by atoms with Gasteiger partial charge in [0, 0.05) is 12.6 Å². The first-order valence-corrected chi connectivity index (χ1v) is 6.42. The van der Waals surface area contributed by atoms with E-state index in [0.29, 0.717) is 6.07 Å². The lowest BCUT2D eigenvalue weighted by Gasteiger charge is -2.20. The van der Waals surface area contributed by atoms with Crippen molar-refractivity contribution in [3.63, 3.8) is 0 Å². The maximum absolute atomic E-state index is 13.7. The Kier molecular flexibility index (Phi) is 6.02. The Hall–Kier alpha value is -2.24. The van der Waals surface area contributed by atoms with Crippen molar-refractivity contribution in [2.24, 2.45) is 0 Å². The van der Waals surface area contributed by atoms with E-state index in [9.17, 15) is 18.4 Å². The summed E-state index contributed by atoms with van der Waals surface area (Å²) in [6, 6.07) is 1.77. The molecule has 0 aliphatic heterocycles. The van der Waals surface area contributed by atoms with Crippen LogP contribution >= 0.6 is 0 Å². The number of carbonyl (C=O) groups is 2. The molecule has 114 valence electrons. The van der Waals surface area contributed by atoms with Gasteiger partial charge in [-0.25, -0.2) is 8.78 Å². The SMILES string of the molecule is C=CCN(CC(=O)OCC)C(=O)c1cc(C)c(F)cc1F. The van der Waals surface area contributed by atoms with Crippen LogP contribution in [-0.4, -0.2) is 36.5 Å². The molecule has 0 N–H and O–H groups in total.